The number of halogens is 1. The number of hydrogen-bond donors (Lipinski definition) is 2. The first kappa shape index (κ1) is 17.2. The number of benzene rings is 2. The lowest BCUT2D eigenvalue weighted by Gasteiger charge is -2.14. The fraction of sp³-hybridized carbons (Fsp3) is 0.222. The van der Waals surface area contributed by atoms with Gasteiger partial charge in [-0.1, -0.05) is 46.3 Å². The second kappa shape index (κ2) is 8.48. The number of amides is 2. The number of carbonyl (C=O) groups excluding carboxylic acids is 2. The summed E-state index contributed by atoms with van der Waals surface area (Å²) in [6, 6.07) is 16.7. The largest absolute Gasteiger partial charge is 0.352 e. The van der Waals surface area contributed by atoms with Crippen LogP contribution >= 0.6 is 15.9 Å². The molecule has 0 aliphatic heterocycles. The van der Waals surface area contributed by atoms with Gasteiger partial charge in [0.1, 0.15) is 0 Å². The number of hydrogen-bond acceptors (Lipinski definition) is 2. The highest BCUT2D eigenvalue weighted by atomic mass is 79.9. The van der Waals surface area contributed by atoms with E-state index in [0.717, 1.165) is 10.0 Å². The lowest BCUT2D eigenvalue weighted by atomic mass is 10.1. The van der Waals surface area contributed by atoms with Crippen LogP contribution in [0.5, 0.6) is 0 Å². The zero-order valence-corrected chi connectivity index (χ0v) is 14.5. The molecule has 0 aliphatic carbocycles. The molecule has 0 bridgehead atoms. The molecule has 2 aromatic carbocycles. The van der Waals surface area contributed by atoms with Gasteiger partial charge < -0.3 is 10.6 Å². The van der Waals surface area contributed by atoms with Crippen molar-refractivity contribution in [2.45, 2.75) is 19.4 Å². The van der Waals surface area contributed by atoms with Gasteiger partial charge in [-0.15, -0.1) is 0 Å². The summed E-state index contributed by atoms with van der Waals surface area (Å²) in [7, 11) is 0. The Labute approximate surface area is 144 Å². The average Bonchev–Trinajstić information content (AvgIpc) is 2.56. The molecule has 1 atom stereocenters. The Balaban J connectivity index is 1.74. The van der Waals surface area contributed by atoms with Gasteiger partial charge in [0.2, 0.25) is 5.91 Å². The van der Waals surface area contributed by atoms with Crippen molar-refractivity contribution in [3.63, 3.8) is 0 Å². The molecule has 0 aliphatic rings. The van der Waals surface area contributed by atoms with Crippen molar-refractivity contribution in [1.82, 2.24) is 10.6 Å². The van der Waals surface area contributed by atoms with E-state index in [1.54, 1.807) is 12.1 Å². The van der Waals surface area contributed by atoms with Crippen LogP contribution in [0.1, 0.15) is 35.3 Å². The van der Waals surface area contributed by atoms with Gasteiger partial charge in [0.05, 0.1) is 6.04 Å². The van der Waals surface area contributed by atoms with Crippen molar-refractivity contribution in [1.29, 1.82) is 0 Å². The number of carbonyl (C=O) groups is 2. The minimum absolute atomic E-state index is 0.0691. The van der Waals surface area contributed by atoms with Crippen LogP contribution in [0.3, 0.4) is 0 Å². The van der Waals surface area contributed by atoms with Gasteiger partial charge >= 0.3 is 0 Å². The van der Waals surface area contributed by atoms with Gasteiger partial charge in [-0.3, -0.25) is 9.59 Å². The van der Waals surface area contributed by atoms with Crippen LogP contribution < -0.4 is 10.6 Å². The summed E-state index contributed by atoms with van der Waals surface area (Å²) in [5, 5.41) is 5.67. The summed E-state index contributed by atoms with van der Waals surface area (Å²) in [5.74, 6) is -0.256. The summed E-state index contributed by atoms with van der Waals surface area (Å²) < 4.78 is 1.00. The highest BCUT2D eigenvalue weighted by Crippen LogP contribution is 2.16. The van der Waals surface area contributed by atoms with Gasteiger partial charge in [-0.2, -0.15) is 0 Å². The highest BCUT2D eigenvalue weighted by Gasteiger charge is 2.10. The third-order valence-corrected chi connectivity index (χ3v) is 3.95. The Bertz CT molecular complexity index is 656. The zero-order chi connectivity index (χ0) is 16.7. The van der Waals surface area contributed by atoms with Crippen LogP contribution in [0.4, 0.5) is 0 Å². The number of rotatable bonds is 6. The normalized spacial score (nSPS) is 11.6. The molecule has 4 nitrogen and oxygen atoms in total. The van der Waals surface area contributed by atoms with Crippen molar-refractivity contribution in [2.24, 2.45) is 0 Å². The first-order chi connectivity index (χ1) is 11.1. The van der Waals surface area contributed by atoms with E-state index in [1.165, 1.54) is 0 Å². The third-order valence-electron chi connectivity index (χ3n) is 3.42. The predicted octanol–water partition coefficient (Wildman–Crippen LogP) is 3.45. The van der Waals surface area contributed by atoms with Gasteiger partial charge in [0.15, 0.2) is 0 Å². The molecular weight excluding hydrogens is 356 g/mol. The summed E-state index contributed by atoms with van der Waals surface area (Å²) in [5.41, 5.74) is 1.63. The summed E-state index contributed by atoms with van der Waals surface area (Å²) in [6.45, 7) is 2.25. The Hall–Kier alpha value is -2.14. The molecule has 23 heavy (non-hydrogen) atoms. The molecule has 2 amide bonds. The molecule has 1 unspecified atom stereocenters. The minimum atomic E-state index is -0.167. The van der Waals surface area contributed by atoms with Crippen molar-refractivity contribution >= 4 is 27.7 Å². The molecule has 0 heterocycles. The van der Waals surface area contributed by atoms with Gasteiger partial charge in [0.25, 0.3) is 5.91 Å². The van der Waals surface area contributed by atoms with Gasteiger partial charge in [-0.25, -0.2) is 0 Å². The van der Waals surface area contributed by atoms with E-state index in [2.05, 4.69) is 26.6 Å². The summed E-state index contributed by atoms with van der Waals surface area (Å²) >= 11 is 3.38. The molecule has 0 saturated heterocycles. The van der Waals surface area contributed by atoms with E-state index in [4.69, 9.17) is 0 Å². The second-order valence-corrected chi connectivity index (χ2v) is 6.13. The minimum Gasteiger partial charge on any atom is -0.352 e. The second-order valence-electron chi connectivity index (χ2n) is 5.21. The van der Waals surface area contributed by atoms with Gasteiger partial charge in [0, 0.05) is 23.0 Å². The first-order valence-corrected chi connectivity index (χ1v) is 8.23. The first-order valence-electron chi connectivity index (χ1n) is 7.44. The maximum atomic E-state index is 11.9. The molecule has 2 aromatic rings. The van der Waals surface area contributed by atoms with E-state index >= 15 is 0 Å². The highest BCUT2D eigenvalue weighted by molar-refractivity contribution is 9.10. The Morgan fingerprint density at radius 1 is 1.04 bits per heavy atom. The lowest BCUT2D eigenvalue weighted by Crippen LogP contribution is -2.32. The third kappa shape index (κ3) is 5.53. The fourth-order valence-electron chi connectivity index (χ4n) is 2.13. The van der Waals surface area contributed by atoms with Crippen LogP contribution in [-0.2, 0) is 4.79 Å². The standard InChI is InChI=1S/C18H19BrN2O2/c1-13(14-7-9-16(19)10-8-14)21-17(22)11-12-20-18(23)15-5-3-2-4-6-15/h2-10,13H,11-12H2,1H3,(H,20,23)(H,21,22). The Morgan fingerprint density at radius 2 is 1.70 bits per heavy atom. The quantitative estimate of drug-likeness (QED) is 0.813. The van der Waals surface area contributed by atoms with Crippen LogP contribution in [-0.4, -0.2) is 18.4 Å². The summed E-state index contributed by atoms with van der Waals surface area (Å²) in [4.78, 5) is 23.8. The Kier molecular flexibility index (Phi) is 6.35. The van der Waals surface area contributed by atoms with Crippen molar-refractivity contribution in [3.05, 3.63) is 70.2 Å². The zero-order valence-electron chi connectivity index (χ0n) is 12.9. The van der Waals surface area contributed by atoms with Crippen molar-refractivity contribution in [3.8, 4) is 0 Å². The topological polar surface area (TPSA) is 58.2 Å². The SMILES string of the molecule is CC(NC(=O)CCNC(=O)c1ccccc1)c1ccc(Br)cc1. The van der Waals surface area contributed by atoms with Crippen LogP contribution in [0.2, 0.25) is 0 Å². The van der Waals surface area contributed by atoms with Crippen LogP contribution in [0.15, 0.2) is 59.1 Å². The lowest BCUT2D eigenvalue weighted by molar-refractivity contribution is -0.121. The van der Waals surface area contributed by atoms with Crippen LogP contribution in [0, 0.1) is 0 Å². The monoisotopic (exact) mass is 374 g/mol. The van der Waals surface area contributed by atoms with E-state index in [9.17, 15) is 9.59 Å². The molecule has 5 heteroatoms. The molecule has 0 aromatic heterocycles. The molecule has 120 valence electrons. The smallest absolute Gasteiger partial charge is 0.251 e. The molecule has 0 radical (unpaired) electrons. The average molecular weight is 375 g/mol. The van der Waals surface area contributed by atoms with Gasteiger partial charge in [-0.05, 0) is 36.8 Å². The van der Waals surface area contributed by atoms with Crippen molar-refractivity contribution < 1.29 is 9.59 Å². The molecular formula is C18H19BrN2O2. The Morgan fingerprint density at radius 3 is 2.35 bits per heavy atom. The van der Waals surface area contributed by atoms with E-state index in [0.29, 0.717) is 12.1 Å². The molecule has 0 spiro atoms. The molecule has 2 N–H and O–H groups in total. The van der Waals surface area contributed by atoms with Crippen molar-refractivity contribution in [2.75, 3.05) is 6.54 Å². The molecule has 2 rings (SSSR count). The number of nitrogens with one attached hydrogen (secondary N) is 2. The maximum Gasteiger partial charge on any atom is 0.251 e. The van der Waals surface area contributed by atoms with Crippen LogP contribution in [0.25, 0.3) is 0 Å². The molecule has 0 fully saturated rings. The fourth-order valence-corrected chi connectivity index (χ4v) is 2.39. The predicted molar refractivity (Wildman–Crippen MR) is 94.1 cm³/mol. The van der Waals surface area contributed by atoms with E-state index in [1.807, 2.05) is 49.4 Å². The summed E-state index contributed by atoms with van der Waals surface area (Å²) in [6.07, 6.45) is 0.249. The van der Waals surface area contributed by atoms with E-state index in [-0.39, 0.29) is 24.3 Å². The molecule has 0 saturated carbocycles. The van der Waals surface area contributed by atoms with E-state index < -0.39 is 0 Å². The maximum absolute atomic E-state index is 11.9.